The molecule has 1 aromatic carbocycles. The Morgan fingerprint density at radius 3 is 2.33 bits per heavy atom. The number of amides is 1. The highest BCUT2D eigenvalue weighted by Gasteiger charge is 2.29. The van der Waals surface area contributed by atoms with Gasteiger partial charge < -0.3 is 10.4 Å². The van der Waals surface area contributed by atoms with E-state index in [1.165, 1.54) is 13.8 Å². The van der Waals surface area contributed by atoms with Crippen molar-refractivity contribution in [3.63, 3.8) is 0 Å². The van der Waals surface area contributed by atoms with Gasteiger partial charge in [0, 0.05) is 18.0 Å². The molecular weight excluding hydrogens is 254 g/mol. The highest BCUT2D eigenvalue weighted by Crippen LogP contribution is 2.20. The molecule has 0 radical (unpaired) electrons. The Morgan fingerprint density at radius 1 is 1.28 bits per heavy atom. The highest BCUT2D eigenvalue weighted by molar-refractivity contribution is 6.30. The molecule has 1 amide bonds. The summed E-state index contributed by atoms with van der Waals surface area (Å²) in [5.74, 6) is -1.26. The van der Waals surface area contributed by atoms with Crippen LogP contribution in [0.4, 0.5) is 0 Å². The van der Waals surface area contributed by atoms with Crippen LogP contribution in [-0.4, -0.2) is 17.0 Å². The fourth-order valence-corrected chi connectivity index (χ4v) is 1.47. The van der Waals surface area contributed by atoms with E-state index in [2.05, 4.69) is 5.32 Å². The largest absolute Gasteiger partial charge is 0.481 e. The van der Waals surface area contributed by atoms with E-state index in [-0.39, 0.29) is 12.3 Å². The summed E-state index contributed by atoms with van der Waals surface area (Å²) in [6.07, 6.45) is -0.0457. The Hall–Kier alpha value is -1.55. The quantitative estimate of drug-likeness (QED) is 0.863. The van der Waals surface area contributed by atoms with Crippen molar-refractivity contribution in [3.05, 3.63) is 34.9 Å². The summed E-state index contributed by atoms with van der Waals surface area (Å²) in [6.45, 7) is 3.42. The van der Waals surface area contributed by atoms with Gasteiger partial charge in [-0.05, 0) is 31.5 Å². The van der Waals surface area contributed by atoms with Gasteiger partial charge in [0.1, 0.15) is 0 Å². The molecule has 0 atom stereocenters. The lowest BCUT2D eigenvalue weighted by Crippen LogP contribution is -2.33. The van der Waals surface area contributed by atoms with Gasteiger partial charge in [0.15, 0.2) is 0 Å². The molecule has 2 N–H and O–H groups in total. The molecular formula is C13H16ClNO3. The molecule has 0 aliphatic carbocycles. The molecule has 0 aliphatic heterocycles. The van der Waals surface area contributed by atoms with Gasteiger partial charge in [-0.25, -0.2) is 0 Å². The zero-order chi connectivity index (χ0) is 13.8. The van der Waals surface area contributed by atoms with Crippen LogP contribution in [-0.2, 0) is 16.1 Å². The molecule has 0 unspecified atom stereocenters. The number of carbonyl (C=O) groups excluding carboxylic acids is 1. The van der Waals surface area contributed by atoms with Crippen molar-refractivity contribution in [2.75, 3.05) is 0 Å². The van der Waals surface area contributed by atoms with Crippen molar-refractivity contribution in [1.82, 2.24) is 5.32 Å². The van der Waals surface area contributed by atoms with Crippen LogP contribution in [0.1, 0.15) is 25.8 Å². The van der Waals surface area contributed by atoms with Crippen LogP contribution in [0.3, 0.4) is 0 Å². The summed E-state index contributed by atoms with van der Waals surface area (Å²) in [4.78, 5) is 22.5. The SMILES string of the molecule is CC(C)(CC(=O)NCc1ccc(Cl)cc1)C(=O)O. The minimum Gasteiger partial charge on any atom is -0.481 e. The number of aliphatic carboxylic acids is 1. The average Bonchev–Trinajstić information content (AvgIpc) is 2.27. The number of halogens is 1. The smallest absolute Gasteiger partial charge is 0.309 e. The van der Waals surface area contributed by atoms with Crippen LogP contribution >= 0.6 is 11.6 Å². The lowest BCUT2D eigenvalue weighted by Gasteiger charge is -2.18. The Kier molecular flexibility index (Phi) is 4.73. The van der Waals surface area contributed by atoms with Crippen molar-refractivity contribution in [3.8, 4) is 0 Å². The van der Waals surface area contributed by atoms with Gasteiger partial charge in [-0.15, -0.1) is 0 Å². The third kappa shape index (κ3) is 4.37. The van der Waals surface area contributed by atoms with E-state index < -0.39 is 11.4 Å². The molecule has 5 heteroatoms. The van der Waals surface area contributed by atoms with E-state index in [1.54, 1.807) is 12.1 Å². The van der Waals surface area contributed by atoms with Crippen LogP contribution < -0.4 is 5.32 Å². The number of nitrogens with one attached hydrogen (secondary N) is 1. The van der Waals surface area contributed by atoms with E-state index in [1.807, 2.05) is 12.1 Å². The van der Waals surface area contributed by atoms with E-state index in [4.69, 9.17) is 16.7 Å². The van der Waals surface area contributed by atoms with E-state index in [0.29, 0.717) is 11.6 Å². The topological polar surface area (TPSA) is 66.4 Å². The number of carbonyl (C=O) groups is 2. The predicted octanol–water partition coefficient (Wildman–Crippen LogP) is 2.46. The van der Waals surface area contributed by atoms with Gasteiger partial charge in [-0.3, -0.25) is 9.59 Å². The molecule has 0 aromatic heterocycles. The summed E-state index contributed by atoms with van der Waals surface area (Å²) >= 11 is 5.74. The molecule has 0 saturated carbocycles. The van der Waals surface area contributed by atoms with Gasteiger partial charge >= 0.3 is 5.97 Å². The van der Waals surface area contributed by atoms with E-state index in [0.717, 1.165) is 5.56 Å². The fourth-order valence-electron chi connectivity index (χ4n) is 1.34. The maximum atomic E-state index is 11.6. The van der Waals surface area contributed by atoms with Crippen molar-refractivity contribution in [1.29, 1.82) is 0 Å². The maximum Gasteiger partial charge on any atom is 0.309 e. The monoisotopic (exact) mass is 269 g/mol. The molecule has 1 aromatic rings. The van der Waals surface area contributed by atoms with Crippen LogP contribution in [0.15, 0.2) is 24.3 Å². The Bertz CT molecular complexity index is 440. The van der Waals surface area contributed by atoms with Gasteiger partial charge in [0.2, 0.25) is 5.91 Å². The number of hydrogen-bond acceptors (Lipinski definition) is 2. The lowest BCUT2D eigenvalue weighted by atomic mass is 9.89. The van der Waals surface area contributed by atoms with Gasteiger partial charge in [-0.1, -0.05) is 23.7 Å². The second-order valence-electron chi connectivity index (χ2n) is 4.77. The van der Waals surface area contributed by atoms with Gasteiger partial charge in [0.25, 0.3) is 0 Å². The minimum absolute atomic E-state index is 0.0457. The fraction of sp³-hybridized carbons (Fsp3) is 0.385. The third-order valence-electron chi connectivity index (χ3n) is 2.58. The number of benzene rings is 1. The minimum atomic E-state index is -1.05. The summed E-state index contributed by atoms with van der Waals surface area (Å²) in [5.41, 5.74) is -0.134. The first-order valence-electron chi connectivity index (χ1n) is 5.56. The number of carboxylic acid groups (broad SMARTS) is 1. The van der Waals surface area contributed by atoms with Crippen molar-refractivity contribution in [2.45, 2.75) is 26.8 Å². The molecule has 4 nitrogen and oxygen atoms in total. The van der Waals surface area contributed by atoms with Crippen LogP contribution in [0, 0.1) is 5.41 Å². The van der Waals surface area contributed by atoms with Crippen LogP contribution in [0.2, 0.25) is 5.02 Å². The molecule has 98 valence electrons. The molecule has 1 rings (SSSR count). The normalized spacial score (nSPS) is 11.1. The maximum absolute atomic E-state index is 11.6. The summed E-state index contributed by atoms with van der Waals surface area (Å²) in [5, 5.41) is 12.2. The van der Waals surface area contributed by atoms with Crippen LogP contribution in [0.5, 0.6) is 0 Å². The molecule has 0 fully saturated rings. The number of carboxylic acids is 1. The van der Waals surface area contributed by atoms with Crippen molar-refractivity contribution in [2.24, 2.45) is 5.41 Å². The zero-order valence-electron chi connectivity index (χ0n) is 10.4. The van der Waals surface area contributed by atoms with Crippen molar-refractivity contribution >= 4 is 23.5 Å². The van der Waals surface area contributed by atoms with Crippen molar-refractivity contribution < 1.29 is 14.7 Å². The van der Waals surface area contributed by atoms with E-state index in [9.17, 15) is 9.59 Å². The summed E-state index contributed by atoms with van der Waals surface area (Å²) in [6, 6.07) is 7.10. The third-order valence-corrected chi connectivity index (χ3v) is 2.84. The lowest BCUT2D eigenvalue weighted by molar-refractivity contribution is -0.149. The first-order valence-corrected chi connectivity index (χ1v) is 5.93. The highest BCUT2D eigenvalue weighted by atomic mass is 35.5. The average molecular weight is 270 g/mol. The van der Waals surface area contributed by atoms with Gasteiger partial charge in [0.05, 0.1) is 5.41 Å². The predicted molar refractivity (Wildman–Crippen MR) is 69.3 cm³/mol. The number of rotatable bonds is 5. The zero-order valence-corrected chi connectivity index (χ0v) is 11.1. The standard InChI is InChI=1S/C13H16ClNO3/c1-13(2,12(17)18)7-11(16)15-8-9-3-5-10(14)6-4-9/h3-6H,7-8H2,1-2H3,(H,15,16)(H,17,18). The Morgan fingerprint density at radius 2 is 1.83 bits per heavy atom. The van der Waals surface area contributed by atoms with Crippen LogP contribution in [0.25, 0.3) is 0 Å². The molecule has 0 heterocycles. The summed E-state index contributed by atoms with van der Waals surface area (Å²) < 4.78 is 0. The molecule has 0 saturated heterocycles. The molecule has 0 spiro atoms. The number of hydrogen-bond donors (Lipinski definition) is 2. The Labute approximate surface area is 111 Å². The summed E-state index contributed by atoms with van der Waals surface area (Å²) in [7, 11) is 0. The first kappa shape index (κ1) is 14.5. The molecule has 0 bridgehead atoms. The second-order valence-corrected chi connectivity index (χ2v) is 5.21. The Balaban J connectivity index is 2.47. The first-order chi connectivity index (χ1) is 8.31. The molecule has 18 heavy (non-hydrogen) atoms. The molecule has 0 aliphatic rings. The van der Waals surface area contributed by atoms with E-state index >= 15 is 0 Å². The second kappa shape index (κ2) is 5.87. The van der Waals surface area contributed by atoms with Gasteiger partial charge in [-0.2, -0.15) is 0 Å².